The molecular weight excluding hydrogens is 248 g/mol. The zero-order valence-corrected chi connectivity index (χ0v) is 12.4. The van der Waals surface area contributed by atoms with Gasteiger partial charge < -0.3 is 10.6 Å². The summed E-state index contributed by atoms with van der Waals surface area (Å²) in [6.45, 7) is 4.00. The molecule has 108 valence electrons. The third-order valence-electron chi connectivity index (χ3n) is 4.92. The molecule has 3 nitrogen and oxygen atoms in total. The van der Waals surface area contributed by atoms with E-state index in [-0.39, 0.29) is 5.91 Å². The number of carbonyl (C=O) groups excluding carboxylic acids is 1. The van der Waals surface area contributed by atoms with Gasteiger partial charge in [0, 0.05) is 23.8 Å². The second kappa shape index (κ2) is 5.47. The molecule has 0 spiro atoms. The molecule has 2 aliphatic rings. The normalized spacial score (nSPS) is 27.6. The van der Waals surface area contributed by atoms with Crippen LogP contribution in [0.1, 0.15) is 44.6 Å². The summed E-state index contributed by atoms with van der Waals surface area (Å²) < 4.78 is 0. The van der Waals surface area contributed by atoms with E-state index in [0.29, 0.717) is 12.5 Å². The molecule has 1 amide bonds. The smallest absolute Gasteiger partial charge is 0.224 e. The molecule has 20 heavy (non-hydrogen) atoms. The molecule has 3 unspecified atom stereocenters. The summed E-state index contributed by atoms with van der Waals surface area (Å²) in [5.41, 5.74) is 3.33. The van der Waals surface area contributed by atoms with Crippen molar-refractivity contribution in [3.05, 3.63) is 23.8 Å². The molecule has 2 bridgehead atoms. The first-order chi connectivity index (χ1) is 9.65. The molecule has 0 aromatic heterocycles. The number of carbonyl (C=O) groups is 1. The highest BCUT2D eigenvalue weighted by Crippen LogP contribution is 2.45. The van der Waals surface area contributed by atoms with Crippen molar-refractivity contribution in [2.45, 2.75) is 52.0 Å². The summed E-state index contributed by atoms with van der Waals surface area (Å²) in [5, 5.41) is 6.66. The van der Waals surface area contributed by atoms with E-state index in [9.17, 15) is 4.79 Å². The van der Waals surface area contributed by atoms with E-state index in [1.54, 1.807) is 0 Å². The van der Waals surface area contributed by atoms with Crippen LogP contribution in [0.2, 0.25) is 0 Å². The largest absolute Gasteiger partial charge is 0.382 e. The summed E-state index contributed by atoms with van der Waals surface area (Å²) in [6.07, 6.45) is 6.05. The van der Waals surface area contributed by atoms with Gasteiger partial charge in [0.25, 0.3) is 0 Å². The standard InChI is InChI=1S/C17H24N2O/c1-3-17(20)18-14-7-4-11(2)15(10-14)19-16-9-12-5-6-13(16)8-12/h4,7,10,12-13,16,19H,3,5-6,8-9H2,1-2H3,(H,18,20). The van der Waals surface area contributed by atoms with Gasteiger partial charge in [0.2, 0.25) is 5.91 Å². The number of benzene rings is 1. The predicted octanol–water partition coefficient (Wildman–Crippen LogP) is 3.94. The summed E-state index contributed by atoms with van der Waals surface area (Å²) >= 11 is 0. The Bertz CT molecular complexity index is 512. The van der Waals surface area contributed by atoms with Crippen LogP contribution in [0, 0.1) is 18.8 Å². The molecule has 2 saturated carbocycles. The van der Waals surface area contributed by atoms with Crippen LogP contribution in [-0.4, -0.2) is 11.9 Å². The third-order valence-corrected chi connectivity index (χ3v) is 4.92. The van der Waals surface area contributed by atoms with Crippen LogP contribution in [0.4, 0.5) is 11.4 Å². The van der Waals surface area contributed by atoms with E-state index >= 15 is 0 Å². The summed E-state index contributed by atoms with van der Waals surface area (Å²) in [6, 6.07) is 6.77. The molecule has 3 rings (SSSR count). The minimum Gasteiger partial charge on any atom is -0.382 e. The van der Waals surface area contributed by atoms with Gasteiger partial charge in [-0.15, -0.1) is 0 Å². The van der Waals surface area contributed by atoms with Gasteiger partial charge in [-0.05, 0) is 55.7 Å². The minimum atomic E-state index is 0.0692. The highest BCUT2D eigenvalue weighted by Gasteiger charge is 2.39. The molecule has 2 fully saturated rings. The number of nitrogens with one attached hydrogen (secondary N) is 2. The van der Waals surface area contributed by atoms with Gasteiger partial charge in [0.05, 0.1) is 0 Å². The Balaban J connectivity index is 1.71. The molecular formula is C17H24N2O. The lowest BCUT2D eigenvalue weighted by Crippen LogP contribution is -2.26. The maximum Gasteiger partial charge on any atom is 0.224 e. The Morgan fingerprint density at radius 2 is 2.15 bits per heavy atom. The number of amides is 1. The predicted molar refractivity (Wildman–Crippen MR) is 83.0 cm³/mol. The van der Waals surface area contributed by atoms with Gasteiger partial charge in [0.15, 0.2) is 0 Å². The zero-order valence-electron chi connectivity index (χ0n) is 12.4. The number of hydrogen-bond acceptors (Lipinski definition) is 2. The highest BCUT2D eigenvalue weighted by molar-refractivity contribution is 5.91. The number of hydrogen-bond donors (Lipinski definition) is 2. The fraction of sp³-hybridized carbons (Fsp3) is 0.588. The molecule has 2 N–H and O–H groups in total. The molecule has 0 radical (unpaired) electrons. The van der Waals surface area contributed by atoms with Crippen molar-refractivity contribution in [1.29, 1.82) is 0 Å². The van der Waals surface area contributed by atoms with Crippen LogP contribution in [0.15, 0.2) is 18.2 Å². The van der Waals surface area contributed by atoms with E-state index < -0.39 is 0 Å². The number of rotatable bonds is 4. The molecule has 3 atom stereocenters. The van der Waals surface area contributed by atoms with E-state index in [1.807, 2.05) is 13.0 Å². The van der Waals surface area contributed by atoms with Crippen molar-refractivity contribution < 1.29 is 4.79 Å². The number of aryl methyl sites for hydroxylation is 1. The lowest BCUT2D eigenvalue weighted by Gasteiger charge is -2.25. The average molecular weight is 272 g/mol. The fourth-order valence-electron chi connectivity index (χ4n) is 3.73. The van der Waals surface area contributed by atoms with Crippen LogP contribution < -0.4 is 10.6 Å². The Hall–Kier alpha value is -1.51. The fourth-order valence-corrected chi connectivity index (χ4v) is 3.73. The monoisotopic (exact) mass is 272 g/mol. The summed E-state index contributed by atoms with van der Waals surface area (Å²) in [4.78, 5) is 11.5. The molecule has 0 saturated heterocycles. The summed E-state index contributed by atoms with van der Waals surface area (Å²) in [7, 11) is 0. The van der Waals surface area contributed by atoms with Gasteiger partial charge in [-0.25, -0.2) is 0 Å². The maximum atomic E-state index is 11.5. The second-order valence-electron chi connectivity index (χ2n) is 6.36. The van der Waals surface area contributed by atoms with Crippen molar-refractivity contribution in [3.8, 4) is 0 Å². The van der Waals surface area contributed by atoms with Crippen LogP contribution in [0.5, 0.6) is 0 Å². The SMILES string of the molecule is CCC(=O)Nc1ccc(C)c(NC2CC3CCC2C3)c1. The average Bonchev–Trinajstić information content (AvgIpc) is 3.05. The van der Waals surface area contributed by atoms with Gasteiger partial charge in [-0.2, -0.15) is 0 Å². The minimum absolute atomic E-state index is 0.0692. The lowest BCUT2D eigenvalue weighted by molar-refractivity contribution is -0.115. The third kappa shape index (κ3) is 2.67. The van der Waals surface area contributed by atoms with Gasteiger partial charge in [0.1, 0.15) is 0 Å². The van der Waals surface area contributed by atoms with Gasteiger partial charge >= 0.3 is 0 Å². The first kappa shape index (κ1) is 13.5. The number of anilines is 2. The van der Waals surface area contributed by atoms with Crippen LogP contribution in [0.25, 0.3) is 0 Å². The van der Waals surface area contributed by atoms with E-state index in [0.717, 1.165) is 17.5 Å². The summed E-state index contributed by atoms with van der Waals surface area (Å²) in [5.74, 6) is 1.87. The van der Waals surface area contributed by atoms with E-state index in [4.69, 9.17) is 0 Å². The molecule has 3 heteroatoms. The molecule has 1 aromatic carbocycles. The zero-order chi connectivity index (χ0) is 14.1. The van der Waals surface area contributed by atoms with Crippen molar-refractivity contribution in [3.63, 3.8) is 0 Å². The molecule has 0 heterocycles. The van der Waals surface area contributed by atoms with Crippen molar-refractivity contribution >= 4 is 17.3 Å². The van der Waals surface area contributed by atoms with E-state index in [1.165, 1.54) is 36.9 Å². The molecule has 0 aliphatic heterocycles. The van der Waals surface area contributed by atoms with Crippen LogP contribution in [0.3, 0.4) is 0 Å². The topological polar surface area (TPSA) is 41.1 Å². The second-order valence-corrected chi connectivity index (χ2v) is 6.36. The maximum absolute atomic E-state index is 11.5. The quantitative estimate of drug-likeness (QED) is 0.871. The first-order valence-corrected chi connectivity index (χ1v) is 7.82. The van der Waals surface area contributed by atoms with E-state index in [2.05, 4.69) is 29.7 Å². The van der Waals surface area contributed by atoms with Gasteiger partial charge in [-0.1, -0.05) is 19.4 Å². The number of fused-ring (bicyclic) bond motifs is 2. The van der Waals surface area contributed by atoms with Crippen molar-refractivity contribution in [2.24, 2.45) is 11.8 Å². The lowest BCUT2D eigenvalue weighted by atomic mass is 9.95. The Labute approximate surface area is 121 Å². The van der Waals surface area contributed by atoms with Crippen LogP contribution in [-0.2, 0) is 4.79 Å². The van der Waals surface area contributed by atoms with Crippen LogP contribution >= 0.6 is 0 Å². The highest BCUT2D eigenvalue weighted by atomic mass is 16.1. The molecule has 1 aromatic rings. The Morgan fingerprint density at radius 1 is 1.30 bits per heavy atom. The molecule has 2 aliphatic carbocycles. The van der Waals surface area contributed by atoms with Gasteiger partial charge in [-0.3, -0.25) is 4.79 Å². The first-order valence-electron chi connectivity index (χ1n) is 7.82. The Morgan fingerprint density at radius 3 is 2.80 bits per heavy atom. The van der Waals surface area contributed by atoms with Crippen molar-refractivity contribution in [1.82, 2.24) is 0 Å². The Kier molecular flexibility index (Phi) is 3.68. The van der Waals surface area contributed by atoms with Crippen molar-refractivity contribution in [2.75, 3.05) is 10.6 Å².